The third-order valence-electron chi connectivity index (χ3n) is 3.05. The first-order valence-electron chi connectivity index (χ1n) is 6.25. The maximum absolute atomic E-state index is 12.1. The molecule has 1 aromatic rings. The van der Waals surface area contributed by atoms with Gasteiger partial charge >= 0.3 is 6.36 Å². The molecule has 1 aliphatic heterocycles. The summed E-state index contributed by atoms with van der Waals surface area (Å²) in [5, 5.41) is 13.7. The molecular weight excluding hydrogens is 291 g/mol. The van der Waals surface area contributed by atoms with Gasteiger partial charge in [-0.3, -0.25) is 10.1 Å². The Morgan fingerprint density at radius 1 is 1.33 bits per heavy atom. The number of ether oxygens (including phenoxy) is 1. The lowest BCUT2D eigenvalue weighted by molar-refractivity contribution is -0.528. The summed E-state index contributed by atoms with van der Waals surface area (Å²) in [6.45, 7) is 2.49. The Labute approximate surface area is 118 Å². The first kappa shape index (κ1) is 15.4. The van der Waals surface area contributed by atoms with Crippen molar-refractivity contribution in [3.05, 3.63) is 34.4 Å². The molecule has 9 heteroatoms. The van der Waals surface area contributed by atoms with Crippen molar-refractivity contribution in [3.63, 3.8) is 0 Å². The molecule has 2 atom stereocenters. The van der Waals surface area contributed by atoms with Gasteiger partial charge in [-0.1, -0.05) is 0 Å². The molecule has 1 heterocycles. The number of benzene rings is 1. The first-order chi connectivity index (χ1) is 9.74. The van der Waals surface area contributed by atoms with Crippen LogP contribution in [-0.2, 0) is 0 Å². The number of rotatable bonds is 3. The van der Waals surface area contributed by atoms with Crippen molar-refractivity contribution in [1.29, 1.82) is 0 Å². The summed E-state index contributed by atoms with van der Waals surface area (Å²) >= 11 is 0. The Hall–Kier alpha value is -2.03. The number of nitrogens with one attached hydrogen (secondary N) is 1. The van der Waals surface area contributed by atoms with Crippen molar-refractivity contribution >= 4 is 5.69 Å². The van der Waals surface area contributed by atoms with E-state index in [1.807, 2.05) is 6.92 Å². The van der Waals surface area contributed by atoms with E-state index in [0.29, 0.717) is 12.2 Å². The molecule has 1 saturated heterocycles. The van der Waals surface area contributed by atoms with Crippen LogP contribution in [0.1, 0.15) is 6.92 Å². The molecule has 0 spiro atoms. The van der Waals surface area contributed by atoms with E-state index in [0.717, 1.165) is 0 Å². The highest BCUT2D eigenvalue weighted by molar-refractivity contribution is 5.49. The van der Waals surface area contributed by atoms with Gasteiger partial charge in [-0.15, -0.1) is 13.2 Å². The SMILES string of the molecule is C[C@@H]1CN(c2ccc(OC(F)(F)F)cc2)CC([N+](=O)[O-])N1. The third kappa shape index (κ3) is 4.22. The van der Waals surface area contributed by atoms with E-state index in [1.54, 1.807) is 4.90 Å². The molecule has 0 aliphatic carbocycles. The van der Waals surface area contributed by atoms with Gasteiger partial charge in [-0.25, -0.2) is 5.32 Å². The number of hydrogen-bond acceptors (Lipinski definition) is 5. The normalized spacial score (nSPS) is 23.0. The molecule has 0 bridgehead atoms. The van der Waals surface area contributed by atoms with Crippen LogP contribution in [0.15, 0.2) is 24.3 Å². The summed E-state index contributed by atoms with van der Waals surface area (Å²) in [6, 6.07) is 5.19. The fourth-order valence-corrected chi connectivity index (χ4v) is 2.24. The van der Waals surface area contributed by atoms with Crippen LogP contribution in [0.4, 0.5) is 18.9 Å². The van der Waals surface area contributed by atoms with Gasteiger partial charge in [0.2, 0.25) is 0 Å². The second-order valence-corrected chi connectivity index (χ2v) is 4.82. The standard InChI is InChI=1S/C12H14F3N3O3/c1-8-6-17(7-11(16-8)18(19)20)9-2-4-10(5-3-9)21-12(13,14)15/h2-5,8,11,16H,6-7H2,1H3/t8-,11?/m1/s1. The van der Waals surface area contributed by atoms with Gasteiger partial charge in [-0.05, 0) is 31.2 Å². The quantitative estimate of drug-likeness (QED) is 0.683. The van der Waals surface area contributed by atoms with Gasteiger partial charge in [0.1, 0.15) is 12.3 Å². The van der Waals surface area contributed by atoms with E-state index < -0.39 is 17.5 Å². The van der Waals surface area contributed by atoms with Crippen LogP contribution in [0.25, 0.3) is 0 Å². The number of alkyl halides is 3. The summed E-state index contributed by atoms with van der Waals surface area (Å²) in [4.78, 5) is 12.2. The first-order valence-corrected chi connectivity index (χ1v) is 6.25. The van der Waals surface area contributed by atoms with Crippen molar-refractivity contribution in [3.8, 4) is 5.75 Å². The smallest absolute Gasteiger partial charge is 0.406 e. The van der Waals surface area contributed by atoms with Crippen LogP contribution in [0, 0.1) is 10.1 Å². The van der Waals surface area contributed by atoms with Crippen molar-refractivity contribution in [1.82, 2.24) is 5.32 Å². The molecule has 116 valence electrons. The van der Waals surface area contributed by atoms with Crippen molar-refractivity contribution in [2.45, 2.75) is 25.5 Å². The van der Waals surface area contributed by atoms with Crippen LogP contribution >= 0.6 is 0 Å². The Kier molecular flexibility index (Phi) is 4.21. The number of anilines is 1. The highest BCUT2D eigenvalue weighted by Crippen LogP contribution is 2.26. The average Bonchev–Trinajstić information content (AvgIpc) is 2.37. The lowest BCUT2D eigenvalue weighted by Gasteiger charge is -2.35. The fourth-order valence-electron chi connectivity index (χ4n) is 2.24. The summed E-state index contributed by atoms with van der Waals surface area (Å²) in [7, 11) is 0. The number of nitrogens with zero attached hydrogens (tertiary/aromatic N) is 2. The van der Waals surface area contributed by atoms with E-state index >= 15 is 0 Å². The van der Waals surface area contributed by atoms with Gasteiger partial charge in [0, 0.05) is 23.2 Å². The minimum atomic E-state index is -4.73. The molecule has 21 heavy (non-hydrogen) atoms. The Morgan fingerprint density at radius 3 is 2.48 bits per heavy atom. The van der Waals surface area contributed by atoms with E-state index in [1.165, 1.54) is 24.3 Å². The van der Waals surface area contributed by atoms with E-state index in [4.69, 9.17) is 0 Å². The minimum Gasteiger partial charge on any atom is -0.406 e. The molecule has 1 unspecified atom stereocenters. The third-order valence-corrected chi connectivity index (χ3v) is 3.05. The number of hydrogen-bond donors (Lipinski definition) is 1. The lowest BCUT2D eigenvalue weighted by atomic mass is 10.1. The topological polar surface area (TPSA) is 67.6 Å². The summed E-state index contributed by atoms with van der Waals surface area (Å²) in [5.74, 6) is -0.319. The summed E-state index contributed by atoms with van der Waals surface area (Å²) in [6.07, 6.45) is -5.64. The predicted octanol–water partition coefficient (Wildman–Crippen LogP) is 1.99. The van der Waals surface area contributed by atoms with Crippen molar-refractivity contribution in [2.75, 3.05) is 18.0 Å². The predicted molar refractivity (Wildman–Crippen MR) is 68.7 cm³/mol. The van der Waals surface area contributed by atoms with Gasteiger partial charge in [-0.2, -0.15) is 0 Å². The maximum atomic E-state index is 12.1. The van der Waals surface area contributed by atoms with E-state index in [9.17, 15) is 23.3 Å². The fraction of sp³-hybridized carbons (Fsp3) is 0.500. The molecular formula is C12H14F3N3O3. The Morgan fingerprint density at radius 2 is 1.95 bits per heavy atom. The molecule has 2 rings (SSSR count). The van der Waals surface area contributed by atoms with Crippen LogP contribution in [-0.4, -0.2) is 36.6 Å². The zero-order chi connectivity index (χ0) is 15.6. The van der Waals surface area contributed by atoms with Crippen LogP contribution in [0.3, 0.4) is 0 Å². The molecule has 1 aliphatic rings. The molecule has 0 aromatic heterocycles. The molecule has 6 nitrogen and oxygen atoms in total. The monoisotopic (exact) mass is 305 g/mol. The zero-order valence-electron chi connectivity index (χ0n) is 11.1. The minimum absolute atomic E-state index is 0.0970. The highest BCUT2D eigenvalue weighted by Gasteiger charge is 2.32. The second kappa shape index (κ2) is 5.76. The number of halogens is 3. The number of nitro groups is 1. The van der Waals surface area contributed by atoms with Gasteiger partial charge in [0.05, 0.1) is 0 Å². The molecule has 0 amide bonds. The van der Waals surface area contributed by atoms with Crippen LogP contribution in [0.5, 0.6) is 5.75 Å². The van der Waals surface area contributed by atoms with Gasteiger partial charge in [0.15, 0.2) is 0 Å². The van der Waals surface area contributed by atoms with Crippen molar-refractivity contribution < 1.29 is 22.8 Å². The molecule has 1 N–H and O–H groups in total. The molecule has 0 radical (unpaired) electrons. The summed E-state index contributed by atoms with van der Waals surface area (Å²) < 4.78 is 40.0. The Bertz CT molecular complexity index is 507. The van der Waals surface area contributed by atoms with Crippen molar-refractivity contribution in [2.24, 2.45) is 0 Å². The van der Waals surface area contributed by atoms with Gasteiger partial charge < -0.3 is 9.64 Å². The largest absolute Gasteiger partial charge is 0.573 e. The highest BCUT2D eigenvalue weighted by atomic mass is 19.4. The number of piperazine rings is 1. The lowest BCUT2D eigenvalue weighted by Crippen LogP contribution is -2.58. The zero-order valence-corrected chi connectivity index (χ0v) is 11.1. The molecule has 0 saturated carbocycles. The molecule has 1 fully saturated rings. The average molecular weight is 305 g/mol. The second-order valence-electron chi connectivity index (χ2n) is 4.82. The maximum Gasteiger partial charge on any atom is 0.573 e. The Balaban J connectivity index is 2.09. The summed E-state index contributed by atoms with van der Waals surface area (Å²) in [5.41, 5.74) is 0.615. The van der Waals surface area contributed by atoms with Crippen LogP contribution in [0.2, 0.25) is 0 Å². The van der Waals surface area contributed by atoms with Crippen LogP contribution < -0.4 is 15.0 Å². The van der Waals surface area contributed by atoms with E-state index in [2.05, 4.69) is 10.1 Å². The molecule has 1 aromatic carbocycles. The van der Waals surface area contributed by atoms with E-state index in [-0.39, 0.29) is 18.3 Å². The van der Waals surface area contributed by atoms with Gasteiger partial charge in [0.25, 0.3) is 6.17 Å².